The largest absolute Gasteiger partial charge is 0.396 e. The Balaban J connectivity index is 2.60. The number of nitrogens with one attached hydrogen (secondary N) is 2. The van der Waals surface area contributed by atoms with Crippen molar-refractivity contribution in [3.05, 3.63) is 12.3 Å². The third-order valence-electron chi connectivity index (χ3n) is 1.98. The number of methoxy groups -OCH3 is 1. The Morgan fingerprint density at radius 3 is 3.06 bits per heavy atom. The van der Waals surface area contributed by atoms with Crippen LogP contribution in [0.3, 0.4) is 0 Å². The minimum absolute atomic E-state index is 0.00974. The zero-order chi connectivity index (χ0) is 11.8. The molecule has 1 aromatic rings. The summed E-state index contributed by atoms with van der Waals surface area (Å²) in [5, 5.41) is 12.0. The molecule has 0 saturated heterocycles. The number of anilines is 2. The summed E-state index contributed by atoms with van der Waals surface area (Å²) in [6, 6.07) is 1.73. The Morgan fingerprint density at radius 2 is 2.44 bits per heavy atom. The summed E-state index contributed by atoms with van der Waals surface area (Å²) in [5.74, 6) is 6.17. The average molecular weight is 227 g/mol. The molecule has 0 aliphatic heterocycles. The fraction of sp³-hybridized carbons (Fsp3) is 0.556. The quantitative estimate of drug-likeness (QED) is 0.370. The molecule has 1 aromatic heterocycles. The van der Waals surface area contributed by atoms with Crippen LogP contribution in [-0.4, -0.2) is 41.4 Å². The van der Waals surface area contributed by atoms with E-state index < -0.39 is 0 Å². The van der Waals surface area contributed by atoms with Crippen LogP contribution in [0.1, 0.15) is 6.42 Å². The lowest BCUT2D eigenvalue weighted by Crippen LogP contribution is -2.27. The monoisotopic (exact) mass is 227 g/mol. The highest BCUT2D eigenvalue weighted by atomic mass is 16.5. The molecule has 0 fully saturated rings. The summed E-state index contributed by atoms with van der Waals surface area (Å²) in [7, 11) is 1.61. The smallest absolute Gasteiger partial charge is 0.239 e. The van der Waals surface area contributed by atoms with Gasteiger partial charge in [0.2, 0.25) is 5.95 Å². The van der Waals surface area contributed by atoms with Crippen molar-refractivity contribution in [1.82, 2.24) is 9.97 Å². The van der Waals surface area contributed by atoms with Crippen molar-refractivity contribution >= 4 is 11.8 Å². The lowest BCUT2D eigenvalue weighted by molar-refractivity contribution is 0.170. The maximum Gasteiger partial charge on any atom is 0.239 e. The van der Waals surface area contributed by atoms with E-state index in [1.54, 1.807) is 19.4 Å². The molecule has 0 aromatic carbocycles. The molecule has 1 unspecified atom stereocenters. The van der Waals surface area contributed by atoms with E-state index in [1.165, 1.54) is 0 Å². The number of nitrogens with zero attached hydrogens (tertiary/aromatic N) is 2. The first-order valence-electron chi connectivity index (χ1n) is 4.96. The zero-order valence-corrected chi connectivity index (χ0v) is 9.18. The molecule has 0 amide bonds. The van der Waals surface area contributed by atoms with Crippen LogP contribution in [0.15, 0.2) is 12.3 Å². The van der Waals surface area contributed by atoms with Gasteiger partial charge in [0.15, 0.2) is 0 Å². The summed E-state index contributed by atoms with van der Waals surface area (Å²) in [5.41, 5.74) is 2.36. The standard InChI is InChI=1S/C9H17N5O2/c1-16-6-7(3-5-15)12-8-2-4-11-9(13-8)14-10/h2,4,7,15H,3,5-6,10H2,1H3,(H2,11,12,13,14). The maximum atomic E-state index is 8.88. The van der Waals surface area contributed by atoms with Gasteiger partial charge in [-0.1, -0.05) is 0 Å². The first kappa shape index (κ1) is 12.6. The van der Waals surface area contributed by atoms with Crippen molar-refractivity contribution in [3.63, 3.8) is 0 Å². The fourth-order valence-corrected chi connectivity index (χ4v) is 1.27. The molecular weight excluding hydrogens is 210 g/mol. The Bertz CT molecular complexity index is 304. The van der Waals surface area contributed by atoms with Gasteiger partial charge >= 0.3 is 0 Å². The van der Waals surface area contributed by atoms with Crippen LogP contribution < -0.4 is 16.6 Å². The summed E-state index contributed by atoms with van der Waals surface area (Å²) in [4.78, 5) is 7.99. The predicted octanol–water partition coefficient (Wildman–Crippen LogP) is -0.428. The van der Waals surface area contributed by atoms with E-state index in [1.807, 2.05) is 0 Å². The molecule has 16 heavy (non-hydrogen) atoms. The van der Waals surface area contributed by atoms with E-state index in [0.717, 1.165) is 0 Å². The van der Waals surface area contributed by atoms with Crippen molar-refractivity contribution in [2.75, 3.05) is 31.1 Å². The molecule has 0 radical (unpaired) electrons. The number of aromatic nitrogens is 2. The third-order valence-corrected chi connectivity index (χ3v) is 1.98. The lowest BCUT2D eigenvalue weighted by atomic mass is 10.2. The van der Waals surface area contributed by atoms with Gasteiger partial charge in [-0.25, -0.2) is 10.8 Å². The summed E-state index contributed by atoms with van der Waals surface area (Å²) < 4.78 is 5.03. The van der Waals surface area contributed by atoms with Crippen molar-refractivity contribution < 1.29 is 9.84 Å². The summed E-state index contributed by atoms with van der Waals surface area (Å²) in [6.07, 6.45) is 2.18. The van der Waals surface area contributed by atoms with Crippen LogP contribution in [-0.2, 0) is 4.74 Å². The van der Waals surface area contributed by atoms with Gasteiger partial charge < -0.3 is 15.2 Å². The molecule has 7 nitrogen and oxygen atoms in total. The van der Waals surface area contributed by atoms with Crippen LogP contribution in [0.25, 0.3) is 0 Å². The molecule has 0 aliphatic rings. The second-order valence-corrected chi connectivity index (χ2v) is 3.22. The predicted molar refractivity (Wildman–Crippen MR) is 60.8 cm³/mol. The molecule has 0 bridgehead atoms. The van der Waals surface area contributed by atoms with Gasteiger partial charge in [0.05, 0.1) is 12.6 Å². The number of nitrogens with two attached hydrogens (primary N) is 1. The number of aliphatic hydroxyl groups excluding tert-OH is 1. The SMILES string of the molecule is COCC(CCO)Nc1ccnc(NN)n1. The van der Waals surface area contributed by atoms with Crippen LogP contribution in [0.5, 0.6) is 0 Å². The normalized spacial score (nSPS) is 12.2. The van der Waals surface area contributed by atoms with E-state index in [4.69, 9.17) is 15.7 Å². The van der Waals surface area contributed by atoms with Crippen molar-refractivity contribution in [1.29, 1.82) is 0 Å². The van der Waals surface area contributed by atoms with Gasteiger partial charge in [-0.15, -0.1) is 0 Å². The minimum atomic E-state index is 0.00974. The molecule has 1 rings (SSSR count). The minimum Gasteiger partial charge on any atom is -0.396 e. The maximum absolute atomic E-state index is 8.88. The lowest BCUT2D eigenvalue weighted by Gasteiger charge is -2.17. The van der Waals surface area contributed by atoms with Crippen molar-refractivity contribution in [2.45, 2.75) is 12.5 Å². The molecule has 90 valence electrons. The van der Waals surface area contributed by atoms with Gasteiger partial charge in [0.1, 0.15) is 5.82 Å². The molecule has 5 N–H and O–H groups in total. The van der Waals surface area contributed by atoms with Crippen LogP contribution >= 0.6 is 0 Å². The van der Waals surface area contributed by atoms with Gasteiger partial charge in [-0.2, -0.15) is 4.98 Å². The van der Waals surface area contributed by atoms with E-state index in [0.29, 0.717) is 24.8 Å². The first-order chi connectivity index (χ1) is 7.80. The number of aliphatic hydroxyl groups is 1. The number of rotatable bonds is 7. The van der Waals surface area contributed by atoms with Crippen LogP contribution in [0, 0.1) is 0 Å². The highest BCUT2D eigenvalue weighted by Crippen LogP contribution is 2.08. The molecule has 0 saturated carbocycles. The first-order valence-corrected chi connectivity index (χ1v) is 4.96. The molecular formula is C9H17N5O2. The summed E-state index contributed by atoms with van der Waals surface area (Å²) in [6.45, 7) is 0.587. The highest BCUT2D eigenvalue weighted by molar-refractivity contribution is 5.39. The van der Waals surface area contributed by atoms with Gasteiger partial charge in [-0.3, -0.25) is 5.43 Å². The molecule has 7 heteroatoms. The molecule has 1 heterocycles. The Kier molecular flexibility index (Phi) is 5.48. The molecule has 0 aliphatic carbocycles. The van der Waals surface area contributed by atoms with Gasteiger partial charge in [0.25, 0.3) is 0 Å². The van der Waals surface area contributed by atoms with E-state index in [-0.39, 0.29) is 12.6 Å². The van der Waals surface area contributed by atoms with E-state index in [2.05, 4.69) is 20.7 Å². The van der Waals surface area contributed by atoms with Gasteiger partial charge in [-0.05, 0) is 12.5 Å². The number of hydrogen-bond donors (Lipinski definition) is 4. The average Bonchev–Trinajstić information content (AvgIpc) is 2.30. The summed E-state index contributed by atoms with van der Waals surface area (Å²) >= 11 is 0. The highest BCUT2D eigenvalue weighted by Gasteiger charge is 2.08. The Morgan fingerprint density at radius 1 is 1.62 bits per heavy atom. The number of ether oxygens (including phenoxy) is 1. The molecule has 1 atom stereocenters. The second-order valence-electron chi connectivity index (χ2n) is 3.22. The van der Waals surface area contributed by atoms with E-state index in [9.17, 15) is 0 Å². The van der Waals surface area contributed by atoms with Crippen molar-refractivity contribution in [2.24, 2.45) is 5.84 Å². The number of hydrazine groups is 1. The van der Waals surface area contributed by atoms with Gasteiger partial charge in [0, 0.05) is 19.9 Å². The van der Waals surface area contributed by atoms with Crippen LogP contribution in [0.2, 0.25) is 0 Å². The zero-order valence-electron chi connectivity index (χ0n) is 9.18. The van der Waals surface area contributed by atoms with E-state index >= 15 is 0 Å². The Hall–Kier alpha value is -1.44. The third kappa shape index (κ3) is 3.97. The van der Waals surface area contributed by atoms with Crippen molar-refractivity contribution in [3.8, 4) is 0 Å². The number of nitrogen functional groups attached to an aromatic ring is 1. The number of hydrogen-bond acceptors (Lipinski definition) is 7. The molecule has 0 spiro atoms. The van der Waals surface area contributed by atoms with Crippen LogP contribution in [0.4, 0.5) is 11.8 Å². The second kappa shape index (κ2) is 6.94. The topological polar surface area (TPSA) is 105 Å². The fourth-order valence-electron chi connectivity index (χ4n) is 1.27. The Labute approximate surface area is 94.0 Å².